The van der Waals surface area contributed by atoms with E-state index in [1.54, 1.807) is 17.7 Å². The summed E-state index contributed by atoms with van der Waals surface area (Å²) in [4.78, 5) is 27.3. The van der Waals surface area contributed by atoms with Gasteiger partial charge in [-0.3, -0.25) is 9.59 Å². The third kappa shape index (κ3) is 2.91. The van der Waals surface area contributed by atoms with E-state index in [9.17, 15) is 14.0 Å². The van der Waals surface area contributed by atoms with Crippen LogP contribution in [0.4, 0.5) is 4.39 Å². The number of aryl methyl sites for hydroxylation is 1. The highest BCUT2D eigenvalue weighted by molar-refractivity contribution is 5.86. The number of nitrogens with zero attached hydrogens (tertiary/aromatic N) is 2. The van der Waals surface area contributed by atoms with E-state index in [2.05, 4.69) is 10.3 Å². The molecular weight excluding hydrogens is 301 g/mol. The number of carboxylic acid groups (broad SMARTS) is 1. The van der Waals surface area contributed by atoms with Gasteiger partial charge in [0.2, 0.25) is 5.91 Å². The van der Waals surface area contributed by atoms with Crippen LogP contribution in [0.25, 0.3) is 11.0 Å². The van der Waals surface area contributed by atoms with Crippen molar-refractivity contribution in [3.63, 3.8) is 0 Å². The maximum atomic E-state index is 13.3. The molecule has 0 aliphatic heterocycles. The Morgan fingerprint density at radius 1 is 1.39 bits per heavy atom. The molecule has 1 saturated carbocycles. The fourth-order valence-electron chi connectivity index (χ4n) is 2.97. The molecule has 0 saturated heterocycles. The molecule has 23 heavy (non-hydrogen) atoms. The van der Waals surface area contributed by atoms with Crippen LogP contribution in [0.2, 0.25) is 0 Å². The Hall–Kier alpha value is -2.44. The van der Waals surface area contributed by atoms with Crippen LogP contribution in [0.5, 0.6) is 0 Å². The number of nitrogens with one attached hydrogen (secondary N) is 1. The van der Waals surface area contributed by atoms with Crippen molar-refractivity contribution in [1.82, 2.24) is 14.9 Å². The molecule has 0 spiro atoms. The minimum atomic E-state index is -0.909. The van der Waals surface area contributed by atoms with E-state index in [4.69, 9.17) is 5.11 Å². The molecule has 7 heteroatoms. The summed E-state index contributed by atoms with van der Waals surface area (Å²) in [6.07, 6.45) is 1.68. The van der Waals surface area contributed by atoms with E-state index in [1.165, 1.54) is 12.1 Å². The maximum absolute atomic E-state index is 13.3. The van der Waals surface area contributed by atoms with Crippen molar-refractivity contribution in [1.29, 1.82) is 0 Å². The zero-order chi connectivity index (χ0) is 16.6. The second-order valence-electron chi connectivity index (χ2n) is 5.89. The van der Waals surface area contributed by atoms with Gasteiger partial charge in [-0.2, -0.15) is 0 Å². The van der Waals surface area contributed by atoms with E-state index >= 15 is 0 Å². The second kappa shape index (κ2) is 5.98. The third-order valence-corrected chi connectivity index (χ3v) is 4.51. The van der Waals surface area contributed by atoms with Gasteiger partial charge >= 0.3 is 5.97 Å². The number of fused-ring (bicyclic) bond motifs is 1. The molecule has 1 amide bonds. The molecule has 0 radical (unpaired) electrons. The van der Waals surface area contributed by atoms with Crippen LogP contribution in [-0.2, 0) is 23.1 Å². The number of carbonyl (C=O) groups excluding carboxylic acids is 1. The topological polar surface area (TPSA) is 84.2 Å². The van der Waals surface area contributed by atoms with Gasteiger partial charge in [0.05, 0.1) is 22.9 Å². The second-order valence-corrected chi connectivity index (χ2v) is 5.89. The van der Waals surface area contributed by atoms with E-state index in [-0.39, 0.29) is 11.7 Å². The number of aromatic nitrogens is 2. The lowest BCUT2D eigenvalue weighted by Gasteiger charge is -2.31. The van der Waals surface area contributed by atoms with Gasteiger partial charge in [-0.05, 0) is 31.0 Å². The lowest BCUT2D eigenvalue weighted by atomic mass is 9.73. The van der Waals surface area contributed by atoms with Gasteiger partial charge in [0, 0.05) is 20.0 Å². The number of benzene rings is 1. The first-order chi connectivity index (χ1) is 11.0. The summed E-state index contributed by atoms with van der Waals surface area (Å²) >= 11 is 0. The highest BCUT2D eigenvalue weighted by atomic mass is 19.1. The van der Waals surface area contributed by atoms with E-state index in [0.717, 1.165) is 5.82 Å². The first kappa shape index (κ1) is 15.5. The van der Waals surface area contributed by atoms with Gasteiger partial charge in [-0.15, -0.1) is 0 Å². The Balaban J connectivity index is 1.60. The molecule has 1 aliphatic carbocycles. The minimum absolute atomic E-state index is 0.214. The standard InChI is InChI=1S/C16H18FN3O3/c1-20-13-8-9(17)2-5-12(13)19-14(20)6-7-18-15(21)10-3-4-11(10)16(22)23/h2,5,8,10-11H,3-4,6-7H2,1H3,(H,18,21)(H,22,23). The number of halogens is 1. The predicted molar refractivity (Wildman–Crippen MR) is 81.2 cm³/mol. The summed E-state index contributed by atoms with van der Waals surface area (Å²) in [6.45, 7) is 0.376. The van der Waals surface area contributed by atoms with E-state index in [0.29, 0.717) is 36.8 Å². The fourth-order valence-corrected chi connectivity index (χ4v) is 2.97. The molecule has 1 aromatic heterocycles. The van der Waals surface area contributed by atoms with Crippen molar-refractivity contribution >= 4 is 22.9 Å². The van der Waals surface area contributed by atoms with Gasteiger partial charge in [-0.25, -0.2) is 9.37 Å². The van der Waals surface area contributed by atoms with Crippen molar-refractivity contribution in [2.75, 3.05) is 6.54 Å². The summed E-state index contributed by atoms with van der Waals surface area (Å²) in [5.41, 5.74) is 1.41. The molecule has 1 fully saturated rings. The number of hydrogen-bond acceptors (Lipinski definition) is 3. The zero-order valence-corrected chi connectivity index (χ0v) is 12.8. The summed E-state index contributed by atoms with van der Waals surface area (Å²) in [6, 6.07) is 4.42. The van der Waals surface area contributed by atoms with E-state index < -0.39 is 17.8 Å². The molecule has 122 valence electrons. The SMILES string of the molecule is Cn1c(CCNC(=O)C2CCC2C(=O)O)nc2ccc(F)cc21. The lowest BCUT2D eigenvalue weighted by molar-refractivity contribution is -0.152. The Morgan fingerprint density at radius 3 is 2.78 bits per heavy atom. The Bertz CT molecular complexity index is 771. The molecule has 1 aliphatic rings. The smallest absolute Gasteiger partial charge is 0.307 e. The minimum Gasteiger partial charge on any atom is -0.481 e. The summed E-state index contributed by atoms with van der Waals surface area (Å²) < 4.78 is 15.1. The molecule has 2 aromatic rings. The monoisotopic (exact) mass is 319 g/mol. The van der Waals surface area contributed by atoms with Crippen molar-refractivity contribution in [2.45, 2.75) is 19.3 Å². The van der Waals surface area contributed by atoms with Crippen LogP contribution in [0.3, 0.4) is 0 Å². The largest absolute Gasteiger partial charge is 0.481 e. The molecule has 1 heterocycles. The van der Waals surface area contributed by atoms with Crippen molar-refractivity contribution in [3.8, 4) is 0 Å². The van der Waals surface area contributed by atoms with Crippen LogP contribution < -0.4 is 5.32 Å². The molecule has 0 bridgehead atoms. The average Bonchev–Trinajstić information content (AvgIpc) is 2.74. The molecule has 2 N–H and O–H groups in total. The van der Waals surface area contributed by atoms with Crippen molar-refractivity contribution in [3.05, 3.63) is 29.8 Å². The molecular formula is C16H18FN3O3. The quantitative estimate of drug-likeness (QED) is 0.874. The summed E-state index contributed by atoms with van der Waals surface area (Å²) in [5, 5.41) is 11.7. The number of imidazole rings is 1. The molecule has 1 aromatic carbocycles. The predicted octanol–water partition coefficient (Wildman–Crippen LogP) is 1.48. The average molecular weight is 319 g/mol. The van der Waals surface area contributed by atoms with Gasteiger partial charge in [0.15, 0.2) is 0 Å². The van der Waals surface area contributed by atoms with Crippen LogP contribution >= 0.6 is 0 Å². The molecule has 2 atom stereocenters. The summed E-state index contributed by atoms with van der Waals surface area (Å²) in [7, 11) is 1.80. The highest BCUT2D eigenvalue weighted by Gasteiger charge is 2.41. The Labute approximate surface area is 132 Å². The molecule has 2 unspecified atom stereocenters. The fraction of sp³-hybridized carbons (Fsp3) is 0.438. The number of hydrogen-bond donors (Lipinski definition) is 2. The maximum Gasteiger partial charge on any atom is 0.307 e. The first-order valence-electron chi connectivity index (χ1n) is 7.58. The normalized spacial score (nSPS) is 20.3. The lowest BCUT2D eigenvalue weighted by Crippen LogP contribution is -2.44. The number of amides is 1. The first-order valence-corrected chi connectivity index (χ1v) is 7.58. The van der Waals surface area contributed by atoms with Gasteiger partial charge in [0.1, 0.15) is 11.6 Å². The number of aliphatic carboxylic acids is 1. The van der Waals surface area contributed by atoms with Gasteiger partial charge in [-0.1, -0.05) is 0 Å². The highest BCUT2D eigenvalue weighted by Crippen LogP contribution is 2.34. The van der Waals surface area contributed by atoms with E-state index in [1.807, 2.05) is 0 Å². The Morgan fingerprint density at radius 2 is 2.13 bits per heavy atom. The Kier molecular flexibility index (Phi) is 4.02. The van der Waals surface area contributed by atoms with Crippen molar-refractivity contribution in [2.24, 2.45) is 18.9 Å². The van der Waals surface area contributed by atoms with Gasteiger partial charge in [0.25, 0.3) is 0 Å². The van der Waals surface area contributed by atoms with Crippen LogP contribution in [0.1, 0.15) is 18.7 Å². The van der Waals surface area contributed by atoms with Gasteiger partial charge < -0.3 is 15.0 Å². The number of carboxylic acids is 1. The number of carbonyl (C=O) groups is 2. The van der Waals surface area contributed by atoms with Crippen molar-refractivity contribution < 1.29 is 19.1 Å². The van der Waals surface area contributed by atoms with Crippen LogP contribution in [0.15, 0.2) is 18.2 Å². The zero-order valence-electron chi connectivity index (χ0n) is 12.8. The molecule has 3 rings (SSSR count). The van der Waals surface area contributed by atoms with Crippen LogP contribution in [0, 0.1) is 17.7 Å². The molecule has 6 nitrogen and oxygen atoms in total. The third-order valence-electron chi connectivity index (χ3n) is 4.51. The summed E-state index contributed by atoms with van der Waals surface area (Å²) in [5.74, 6) is -1.68. The van der Waals surface area contributed by atoms with Crippen LogP contribution in [-0.4, -0.2) is 33.1 Å². The number of rotatable bonds is 5.